The lowest BCUT2D eigenvalue weighted by Crippen LogP contribution is -2.45. The number of carbonyl (C=O) groups excluding carboxylic acids is 1. The number of piperidine rings is 1. The van der Waals surface area contributed by atoms with Gasteiger partial charge in [-0.1, -0.05) is 0 Å². The lowest BCUT2D eigenvalue weighted by molar-refractivity contribution is 0.0140. The fourth-order valence-corrected chi connectivity index (χ4v) is 2.53. The summed E-state index contributed by atoms with van der Waals surface area (Å²) in [7, 11) is 0. The molecule has 1 amide bonds. The molecular weight excluding hydrogens is 204 g/mol. The number of ether oxygens (including phenoxy) is 1. The Balaban J connectivity index is 1.89. The smallest absolute Gasteiger partial charge is 0.410 e. The third-order valence-electron chi connectivity index (χ3n) is 3.36. The fourth-order valence-electron chi connectivity index (χ4n) is 2.53. The summed E-state index contributed by atoms with van der Waals surface area (Å²) in [6.45, 7) is 9.60. The van der Waals surface area contributed by atoms with Gasteiger partial charge < -0.3 is 15.0 Å². The number of rotatable bonds is 0. The van der Waals surface area contributed by atoms with Crippen LogP contribution >= 0.6 is 0 Å². The highest BCUT2D eigenvalue weighted by atomic mass is 16.6. The molecule has 4 heteroatoms. The Labute approximate surface area is 97.3 Å². The van der Waals surface area contributed by atoms with Crippen LogP contribution in [0.1, 0.15) is 27.2 Å². The number of fused-ring (bicyclic) bond motifs is 1. The van der Waals surface area contributed by atoms with Gasteiger partial charge in [0.1, 0.15) is 5.60 Å². The minimum atomic E-state index is -0.387. The summed E-state index contributed by atoms with van der Waals surface area (Å²) in [4.78, 5) is 13.7. The van der Waals surface area contributed by atoms with Crippen LogP contribution in [0.15, 0.2) is 0 Å². The lowest BCUT2D eigenvalue weighted by atomic mass is 9.89. The maximum Gasteiger partial charge on any atom is 0.410 e. The molecule has 2 atom stereocenters. The molecule has 2 aliphatic rings. The molecule has 2 rings (SSSR count). The van der Waals surface area contributed by atoms with E-state index in [0.717, 1.165) is 38.5 Å². The highest BCUT2D eigenvalue weighted by Crippen LogP contribution is 2.27. The Hall–Kier alpha value is -0.770. The number of hydrogen-bond acceptors (Lipinski definition) is 3. The van der Waals surface area contributed by atoms with E-state index in [9.17, 15) is 4.79 Å². The van der Waals surface area contributed by atoms with Crippen molar-refractivity contribution < 1.29 is 9.53 Å². The summed E-state index contributed by atoms with van der Waals surface area (Å²) >= 11 is 0. The maximum atomic E-state index is 11.9. The summed E-state index contributed by atoms with van der Waals surface area (Å²) in [5, 5.41) is 3.39. The zero-order valence-electron chi connectivity index (χ0n) is 10.5. The van der Waals surface area contributed by atoms with Gasteiger partial charge in [-0.25, -0.2) is 4.79 Å². The molecule has 0 unspecified atom stereocenters. The van der Waals surface area contributed by atoms with Crippen LogP contribution in [0.5, 0.6) is 0 Å². The molecule has 2 heterocycles. The van der Waals surface area contributed by atoms with Gasteiger partial charge in [-0.2, -0.15) is 0 Å². The third-order valence-corrected chi connectivity index (χ3v) is 3.36. The largest absolute Gasteiger partial charge is 0.444 e. The van der Waals surface area contributed by atoms with Crippen LogP contribution in [0.4, 0.5) is 4.79 Å². The van der Waals surface area contributed by atoms with Gasteiger partial charge in [-0.3, -0.25) is 0 Å². The van der Waals surface area contributed by atoms with Crippen molar-refractivity contribution in [2.45, 2.75) is 32.8 Å². The standard InChI is InChI=1S/C12H22N2O2/c1-12(2,3)16-11(15)14-5-4-9-6-13-7-10(9)8-14/h9-10,13H,4-8H2,1-3H3/t9-,10+/m1/s1. The van der Waals surface area contributed by atoms with E-state index >= 15 is 0 Å². The van der Waals surface area contributed by atoms with Crippen LogP contribution in [0.2, 0.25) is 0 Å². The fraction of sp³-hybridized carbons (Fsp3) is 0.917. The van der Waals surface area contributed by atoms with E-state index in [4.69, 9.17) is 4.74 Å². The number of hydrogen-bond donors (Lipinski definition) is 1. The quantitative estimate of drug-likeness (QED) is 0.680. The van der Waals surface area contributed by atoms with Gasteiger partial charge in [-0.05, 0) is 52.1 Å². The van der Waals surface area contributed by atoms with Gasteiger partial charge in [0.15, 0.2) is 0 Å². The van der Waals surface area contributed by atoms with E-state index in [1.54, 1.807) is 0 Å². The predicted molar refractivity (Wildman–Crippen MR) is 62.3 cm³/mol. The van der Waals surface area contributed by atoms with Crippen LogP contribution in [0.3, 0.4) is 0 Å². The topological polar surface area (TPSA) is 41.6 Å². The van der Waals surface area contributed by atoms with Crippen LogP contribution < -0.4 is 5.32 Å². The molecule has 0 aromatic carbocycles. The van der Waals surface area contributed by atoms with Crippen molar-refractivity contribution >= 4 is 6.09 Å². The average Bonchev–Trinajstić information content (AvgIpc) is 2.61. The second kappa shape index (κ2) is 4.24. The number of nitrogens with one attached hydrogen (secondary N) is 1. The summed E-state index contributed by atoms with van der Waals surface area (Å²) in [6.07, 6.45) is 0.953. The van der Waals surface area contributed by atoms with Gasteiger partial charge >= 0.3 is 6.09 Å². The Kier molecular flexibility index (Phi) is 3.10. The Morgan fingerprint density at radius 3 is 2.69 bits per heavy atom. The van der Waals surface area contributed by atoms with Crippen LogP contribution in [-0.4, -0.2) is 42.8 Å². The molecule has 2 fully saturated rings. The van der Waals surface area contributed by atoms with Crippen molar-refractivity contribution in [2.75, 3.05) is 26.2 Å². The second-order valence-electron chi connectivity index (χ2n) is 5.89. The average molecular weight is 226 g/mol. The Morgan fingerprint density at radius 2 is 2.00 bits per heavy atom. The summed E-state index contributed by atoms with van der Waals surface area (Å²) in [5.41, 5.74) is -0.387. The molecule has 0 bridgehead atoms. The van der Waals surface area contributed by atoms with Crippen molar-refractivity contribution in [3.05, 3.63) is 0 Å². The zero-order valence-corrected chi connectivity index (χ0v) is 10.5. The maximum absolute atomic E-state index is 11.9. The Bertz CT molecular complexity index is 273. The van der Waals surface area contributed by atoms with Crippen molar-refractivity contribution in [1.29, 1.82) is 0 Å². The van der Waals surface area contributed by atoms with E-state index in [0.29, 0.717) is 5.92 Å². The molecule has 16 heavy (non-hydrogen) atoms. The second-order valence-corrected chi connectivity index (χ2v) is 5.89. The molecule has 0 aromatic heterocycles. The van der Waals surface area contributed by atoms with Crippen LogP contribution in [0, 0.1) is 11.8 Å². The monoisotopic (exact) mass is 226 g/mol. The molecule has 0 spiro atoms. The highest BCUT2D eigenvalue weighted by molar-refractivity contribution is 5.68. The van der Waals surface area contributed by atoms with Gasteiger partial charge in [0.05, 0.1) is 0 Å². The molecular formula is C12H22N2O2. The molecule has 0 radical (unpaired) electrons. The predicted octanol–water partition coefficient (Wildman–Crippen LogP) is 1.46. The van der Waals surface area contributed by atoms with Crippen LogP contribution in [0.25, 0.3) is 0 Å². The first-order chi connectivity index (χ1) is 7.46. The summed E-state index contributed by atoms with van der Waals surface area (Å²) in [5.74, 6) is 1.39. The normalized spacial score (nSPS) is 30.1. The minimum absolute atomic E-state index is 0.155. The van der Waals surface area contributed by atoms with Crippen molar-refractivity contribution in [3.63, 3.8) is 0 Å². The van der Waals surface area contributed by atoms with Crippen molar-refractivity contribution in [3.8, 4) is 0 Å². The van der Waals surface area contributed by atoms with Gasteiger partial charge in [0.25, 0.3) is 0 Å². The number of carbonyl (C=O) groups is 1. The van der Waals surface area contributed by atoms with E-state index in [1.165, 1.54) is 0 Å². The van der Waals surface area contributed by atoms with Gasteiger partial charge in [-0.15, -0.1) is 0 Å². The SMILES string of the molecule is CC(C)(C)OC(=O)N1CC[C@@H]2CNC[C@H]2C1. The Morgan fingerprint density at radius 1 is 1.31 bits per heavy atom. The summed E-state index contributed by atoms with van der Waals surface area (Å²) < 4.78 is 5.39. The molecule has 2 aliphatic heterocycles. The molecule has 0 aromatic rings. The third kappa shape index (κ3) is 2.67. The van der Waals surface area contributed by atoms with Gasteiger partial charge in [0.2, 0.25) is 0 Å². The van der Waals surface area contributed by atoms with E-state index in [-0.39, 0.29) is 11.7 Å². The first kappa shape index (κ1) is 11.7. The number of nitrogens with zero attached hydrogens (tertiary/aromatic N) is 1. The molecule has 2 saturated heterocycles. The number of amides is 1. The van der Waals surface area contributed by atoms with Crippen molar-refractivity contribution in [1.82, 2.24) is 10.2 Å². The minimum Gasteiger partial charge on any atom is -0.444 e. The van der Waals surface area contributed by atoms with E-state index in [1.807, 2.05) is 25.7 Å². The molecule has 4 nitrogen and oxygen atoms in total. The zero-order chi connectivity index (χ0) is 11.8. The van der Waals surface area contributed by atoms with Crippen LogP contribution in [-0.2, 0) is 4.74 Å². The lowest BCUT2D eigenvalue weighted by Gasteiger charge is -2.35. The first-order valence-electron chi connectivity index (χ1n) is 6.14. The molecule has 0 aliphatic carbocycles. The van der Waals surface area contributed by atoms with Crippen molar-refractivity contribution in [2.24, 2.45) is 11.8 Å². The number of likely N-dealkylation sites (tertiary alicyclic amines) is 1. The highest BCUT2D eigenvalue weighted by Gasteiger charge is 2.35. The van der Waals surface area contributed by atoms with E-state index < -0.39 is 0 Å². The first-order valence-corrected chi connectivity index (χ1v) is 6.14. The molecule has 0 saturated carbocycles. The van der Waals surface area contributed by atoms with Gasteiger partial charge in [0, 0.05) is 13.1 Å². The molecule has 92 valence electrons. The van der Waals surface area contributed by atoms with E-state index in [2.05, 4.69) is 5.32 Å². The summed E-state index contributed by atoms with van der Waals surface area (Å²) in [6, 6.07) is 0. The molecule has 1 N–H and O–H groups in total.